The van der Waals surface area contributed by atoms with Crippen LogP contribution in [0.4, 0.5) is 5.69 Å². The molecule has 0 radical (unpaired) electrons. The van der Waals surface area contributed by atoms with Crippen molar-refractivity contribution in [3.8, 4) is 0 Å². The van der Waals surface area contributed by atoms with Gasteiger partial charge in [-0.25, -0.2) is 9.97 Å². The molecule has 2 rings (SSSR count). The molecule has 0 saturated carbocycles. The number of aromatic nitrogens is 2. The highest BCUT2D eigenvalue weighted by Crippen LogP contribution is 2.18. The van der Waals surface area contributed by atoms with Gasteiger partial charge in [-0.3, -0.25) is 4.79 Å². The van der Waals surface area contributed by atoms with E-state index in [-0.39, 0.29) is 11.3 Å². The van der Waals surface area contributed by atoms with Crippen LogP contribution in [0.1, 0.15) is 26.6 Å². The molecule has 2 N–H and O–H groups in total. The SMILES string of the molecule is CC(C)(C)c1ncc(NC(=O)C2CNCCO2)cn1. The first kappa shape index (κ1) is 13.9. The van der Waals surface area contributed by atoms with E-state index in [1.165, 1.54) is 0 Å². The van der Waals surface area contributed by atoms with Crippen molar-refractivity contribution in [3.05, 3.63) is 18.2 Å². The van der Waals surface area contributed by atoms with Crippen LogP contribution in [0, 0.1) is 0 Å². The minimum absolute atomic E-state index is 0.0983. The fourth-order valence-corrected chi connectivity index (χ4v) is 1.74. The van der Waals surface area contributed by atoms with Crippen LogP contribution in [0.25, 0.3) is 0 Å². The lowest BCUT2D eigenvalue weighted by Crippen LogP contribution is -2.45. The minimum Gasteiger partial charge on any atom is -0.366 e. The fraction of sp³-hybridized carbons (Fsp3) is 0.615. The summed E-state index contributed by atoms with van der Waals surface area (Å²) in [6.07, 6.45) is 2.81. The molecule has 1 atom stereocenters. The van der Waals surface area contributed by atoms with E-state index in [4.69, 9.17) is 4.74 Å². The van der Waals surface area contributed by atoms with E-state index in [2.05, 4.69) is 20.6 Å². The van der Waals surface area contributed by atoms with Gasteiger partial charge in [-0.05, 0) is 0 Å². The minimum atomic E-state index is -0.448. The molecule has 0 aliphatic carbocycles. The maximum absolute atomic E-state index is 11.9. The smallest absolute Gasteiger partial charge is 0.254 e. The zero-order valence-corrected chi connectivity index (χ0v) is 11.6. The molecule has 104 valence electrons. The Bertz CT molecular complexity index is 433. The van der Waals surface area contributed by atoms with Gasteiger partial charge in [0.15, 0.2) is 0 Å². The predicted molar refractivity (Wildman–Crippen MR) is 72.0 cm³/mol. The van der Waals surface area contributed by atoms with Gasteiger partial charge >= 0.3 is 0 Å². The highest BCUT2D eigenvalue weighted by atomic mass is 16.5. The molecular weight excluding hydrogens is 244 g/mol. The molecule has 1 aromatic rings. The van der Waals surface area contributed by atoms with E-state index in [0.717, 1.165) is 12.4 Å². The van der Waals surface area contributed by atoms with E-state index < -0.39 is 6.10 Å². The quantitative estimate of drug-likeness (QED) is 0.822. The molecule has 1 aliphatic heterocycles. The zero-order chi connectivity index (χ0) is 13.9. The lowest BCUT2D eigenvalue weighted by atomic mass is 9.96. The third-order valence-corrected chi connectivity index (χ3v) is 2.81. The monoisotopic (exact) mass is 264 g/mol. The normalized spacial score (nSPS) is 20.1. The van der Waals surface area contributed by atoms with Crippen molar-refractivity contribution in [3.63, 3.8) is 0 Å². The Kier molecular flexibility index (Phi) is 4.11. The number of ether oxygens (including phenoxy) is 1. The molecule has 0 spiro atoms. The Morgan fingerprint density at radius 1 is 1.42 bits per heavy atom. The summed E-state index contributed by atoms with van der Waals surface area (Å²) in [5.41, 5.74) is 0.492. The van der Waals surface area contributed by atoms with Crippen molar-refractivity contribution in [1.82, 2.24) is 15.3 Å². The molecule has 1 unspecified atom stereocenters. The Labute approximate surface area is 113 Å². The third kappa shape index (κ3) is 3.71. The van der Waals surface area contributed by atoms with Crippen LogP contribution in [0.15, 0.2) is 12.4 Å². The van der Waals surface area contributed by atoms with E-state index >= 15 is 0 Å². The van der Waals surface area contributed by atoms with Crippen LogP contribution in [-0.4, -0.2) is 41.7 Å². The lowest BCUT2D eigenvalue weighted by Gasteiger charge is -2.22. The second kappa shape index (κ2) is 5.63. The molecule has 2 heterocycles. The molecule has 6 heteroatoms. The Hall–Kier alpha value is -1.53. The van der Waals surface area contributed by atoms with Gasteiger partial charge in [0.25, 0.3) is 5.91 Å². The fourth-order valence-electron chi connectivity index (χ4n) is 1.74. The molecule has 1 aromatic heterocycles. The molecule has 0 aromatic carbocycles. The number of rotatable bonds is 2. The van der Waals surface area contributed by atoms with Gasteiger partial charge in [-0.2, -0.15) is 0 Å². The Morgan fingerprint density at radius 2 is 2.11 bits per heavy atom. The summed E-state index contributed by atoms with van der Waals surface area (Å²) in [4.78, 5) is 20.4. The standard InChI is InChI=1S/C13H20N4O2/c1-13(2,3)12-15-6-9(7-16-12)17-11(18)10-8-14-4-5-19-10/h6-7,10,14H,4-5,8H2,1-3H3,(H,17,18). The second-order valence-electron chi connectivity index (χ2n) is 5.60. The Morgan fingerprint density at radius 3 is 2.63 bits per heavy atom. The average molecular weight is 264 g/mol. The zero-order valence-electron chi connectivity index (χ0n) is 11.6. The van der Waals surface area contributed by atoms with E-state index in [0.29, 0.717) is 18.8 Å². The summed E-state index contributed by atoms with van der Waals surface area (Å²) in [7, 11) is 0. The number of anilines is 1. The van der Waals surface area contributed by atoms with Crippen LogP contribution in [0.5, 0.6) is 0 Å². The molecular formula is C13H20N4O2. The van der Waals surface area contributed by atoms with Crippen molar-refractivity contribution in [2.45, 2.75) is 32.3 Å². The summed E-state index contributed by atoms with van der Waals surface area (Å²) >= 11 is 0. The van der Waals surface area contributed by atoms with Crippen molar-refractivity contribution in [1.29, 1.82) is 0 Å². The number of nitrogens with zero attached hydrogens (tertiary/aromatic N) is 2. The molecule has 1 aliphatic rings. The van der Waals surface area contributed by atoms with E-state index in [1.807, 2.05) is 20.8 Å². The highest BCUT2D eigenvalue weighted by molar-refractivity contribution is 5.94. The van der Waals surface area contributed by atoms with Crippen molar-refractivity contribution in [2.75, 3.05) is 25.0 Å². The molecule has 0 bridgehead atoms. The summed E-state index contributed by atoms with van der Waals surface area (Å²) in [5.74, 6) is 0.584. The average Bonchev–Trinajstić information content (AvgIpc) is 2.39. The maximum atomic E-state index is 11.9. The van der Waals surface area contributed by atoms with Gasteiger partial charge in [-0.15, -0.1) is 0 Å². The first-order valence-electron chi connectivity index (χ1n) is 6.42. The first-order chi connectivity index (χ1) is 8.97. The van der Waals surface area contributed by atoms with Crippen molar-refractivity contribution >= 4 is 11.6 Å². The summed E-state index contributed by atoms with van der Waals surface area (Å²) in [6, 6.07) is 0. The van der Waals surface area contributed by atoms with Gasteiger partial charge in [0, 0.05) is 18.5 Å². The molecule has 19 heavy (non-hydrogen) atoms. The van der Waals surface area contributed by atoms with Gasteiger partial charge < -0.3 is 15.4 Å². The number of morpholine rings is 1. The van der Waals surface area contributed by atoms with E-state index in [9.17, 15) is 4.79 Å². The number of carbonyl (C=O) groups is 1. The lowest BCUT2D eigenvalue weighted by molar-refractivity contribution is -0.128. The molecule has 6 nitrogen and oxygen atoms in total. The highest BCUT2D eigenvalue weighted by Gasteiger charge is 2.22. The maximum Gasteiger partial charge on any atom is 0.254 e. The van der Waals surface area contributed by atoms with Gasteiger partial charge in [0.05, 0.1) is 24.7 Å². The summed E-state index contributed by atoms with van der Waals surface area (Å²) in [5, 5.41) is 5.87. The van der Waals surface area contributed by atoms with Crippen molar-refractivity contribution in [2.24, 2.45) is 0 Å². The summed E-state index contributed by atoms with van der Waals surface area (Å²) in [6.45, 7) is 8.00. The van der Waals surface area contributed by atoms with Crippen LogP contribution < -0.4 is 10.6 Å². The van der Waals surface area contributed by atoms with Crippen LogP contribution >= 0.6 is 0 Å². The Balaban J connectivity index is 1.97. The molecule has 1 amide bonds. The topological polar surface area (TPSA) is 76.1 Å². The number of hydrogen-bond donors (Lipinski definition) is 2. The van der Waals surface area contributed by atoms with Crippen LogP contribution in [0.3, 0.4) is 0 Å². The number of carbonyl (C=O) groups excluding carboxylic acids is 1. The van der Waals surface area contributed by atoms with Gasteiger partial charge in [0.2, 0.25) is 0 Å². The van der Waals surface area contributed by atoms with Crippen molar-refractivity contribution < 1.29 is 9.53 Å². The molecule has 1 fully saturated rings. The van der Waals surface area contributed by atoms with Gasteiger partial charge in [0.1, 0.15) is 11.9 Å². The third-order valence-electron chi connectivity index (χ3n) is 2.81. The number of amides is 1. The molecule has 1 saturated heterocycles. The van der Waals surface area contributed by atoms with Crippen LogP contribution in [-0.2, 0) is 14.9 Å². The van der Waals surface area contributed by atoms with E-state index in [1.54, 1.807) is 12.4 Å². The summed E-state index contributed by atoms with van der Waals surface area (Å²) < 4.78 is 5.37. The first-order valence-corrected chi connectivity index (χ1v) is 6.42. The number of nitrogens with one attached hydrogen (secondary N) is 2. The predicted octanol–water partition coefficient (Wildman–Crippen LogP) is 0.701. The largest absolute Gasteiger partial charge is 0.366 e. The van der Waals surface area contributed by atoms with Crippen LogP contribution in [0.2, 0.25) is 0 Å². The number of hydrogen-bond acceptors (Lipinski definition) is 5. The second-order valence-corrected chi connectivity index (χ2v) is 5.60. The van der Waals surface area contributed by atoms with Gasteiger partial charge in [-0.1, -0.05) is 20.8 Å².